The Labute approximate surface area is 118 Å². The zero-order chi connectivity index (χ0) is 15.5. The quantitative estimate of drug-likeness (QED) is 0.873. The van der Waals surface area contributed by atoms with Gasteiger partial charge in [-0.05, 0) is 37.8 Å². The summed E-state index contributed by atoms with van der Waals surface area (Å²) in [6.07, 6.45) is 0.629. The molecule has 1 aromatic carbocycles. The van der Waals surface area contributed by atoms with Gasteiger partial charge in [0.05, 0.1) is 0 Å². The highest BCUT2D eigenvalue weighted by molar-refractivity contribution is 5.95. The number of aryl methyl sites for hydroxylation is 1. The molecule has 0 fully saturated rings. The number of hydrogen-bond donors (Lipinski definition) is 2. The highest BCUT2D eigenvalue weighted by Crippen LogP contribution is 2.20. The molecule has 0 aliphatic carbocycles. The van der Waals surface area contributed by atoms with E-state index in [2.05, 4.69) is 5.32 Å². The SMILES string of the molecule is Cc1ccc(F)c(C(=O)NC(C)(CN)CC(C)C)c1F. The molecule has 0 saturated carbocycles. The van der Waals surface area contributed by atoms with Crippen molar-refractivity contribution in [1.29, 1.82) is 0 Å². The van der Waals surface area contributed by atoms with Crippen molar-refractivity contribution in [3.8, 4) is 0 Å². The minimum atomic E-state index is -0.866. The molecule has 0 aliphatic rings. The summed E-state index contributed by atoms with van der Waals surface area (Å²) in [5.74, 6) is -2.16. The second-order valence-electron chi connectivity index (χ2n) is 5.87. The number of halogens is 2. The molecule has 0 saturated heterocycles. The van der Waals surface area contributed by atoms with Gasteiger partial charge in [-0.1, -0.05) is 19.9 Å². The predicted molar refractivity (Wildman–Crippen MR) is 75.5 cm³/mol. The molecule has 3 nitrogen and oxygen atoms in total. The van der Waals surface area contributed by atoms with Crippen LogP contribution in [0.3, 0.4) is 0 Å². The normalized spacial score (nSPS) is 14.2. The zero-order valence-electron chi connectivity index (χ0n) is 12.4. The fourth-order valence-corrected chi connectivity index (χ4v) is 2.29. The number of rotatable bonds is 5. The van der Waals surface area contributed by atoms with Crippen LogP contribution in [0.25, 0.3) is 0 Å². The second kappa shape index (κ2) is 6.31. The largest absolute Gasteiger partial charge is 0.345 e. The molecular weight excluding hydrogens is 262 g/mol. The first-order valence-electron chi connectivity index (χ1n) is 6.67. The Morgan fingerprint density at radius 1 is 1.40 bits per heavy atom. The third kappa shape index (κ3) is 3.76. The van der Waals surface area contributed by atoms with Crippen LogP contribution in [0, 0.1) is 24.5 Å². The van der Waals surface area contributed by atoms with Crippen molar-refractivity contribution < 1.29 is 13.6 Å². The molecule has 3 N–H and O–H groups in total. The summed E-state index contributed by atoms with van der Waals surface area (Å²) in [4.78, 5) is 12.1. The van der Waals surface area contributed by atoms with Crippen molar-refractivity contribution in [1.82, 2.24) is 5.32 Å². The van der Waals surface area contributed by atoms with Gasteiger partial charge in [-0.2, -0.15) is 0 Å². The number of carbonyl (C=O) groups is 1. The van der Waals surface area contributed by atoms with Gasteiger partial charge in [0.1, 0.15) is 17.2 Å². The summed E-state index contributed by atoms with van der Waals surface area (Å²) in [5, 5.41) is 2.66. The molecule has 5 heteroatoms. The number of carbonyl (C=O) groups excluding carboxylic acids is 1. The zero-order valence-corrected chi connectivity index (χ0v) is 12.4. The minimum Gasteiger partial charge on any atom is -0.345 e. The molecule has 0 heterocycles. The van der Waals surface area contributed by atoms with Crippen molar-refractivity contribution in [3.63, 3.8) is 0 Å². The summed E-state index contributed by atoms with van der Waals surface area (Å²) < 4.78 is 27.6. The Kier molecular flexibility index (Phi) is 5.22. The molecule has 1 aromatic rings. The molecule has 0 aliphatic heterocycles. The lowest BCUT2D eigenvalue weighted by molar-refractivity contribution is 0.0889. The van der Waals surface area contributed by atoms with Crippen LogP contribution in [0.1, 0.15) is 43.1 Å². The standard InChI is InChI=1S/C15H22F2N2O/c1-9(2)7-15(4,8-18)19-14(20)12-11(16)6-5-10(3)13(12)17/h5-6,9H,7-8,18H2,1-4H3,(H,19,20). The molecule has 1 unspecified atom stereocenters. The summed E-state index contributed by atoms with van der Waals surface area (Å²) >= 11 is 0. The van der Waals surface area contributed by atoms with Gasteiger partial charge in [0.2, 0.25) is 0 Å². The van der Waals surface area contributed by atoms with Gasteiger partial charge in [0.15, 0.2) is 0 Å². The van der Waals surface area contributed by atoms with Gasteiger partial charge in [0.25, 0.3) is 5.91 Å². The fourth-order valence-electron chi connectivity index (χ4n) is 2.29. The highest BCUT2D eigenvalue weighted by Gasteiger charge is 2.29. The van der Waals surface area contributed by atoms with Gasteiger partial charge in [0, 0.05) is 12.1 Å². The molecule has 112 valence electrons. The number of benzene rings is 1. The van der Waals surface area contributed by atoms with Gasteiger partial charge in [-0.25, -0.2) is 8.78 Å². The molecular formula is C15H22F2N2O. The van der Waals surface area contributed by atoms with Crippen molar-refractivity contribution >= 4 is 5.91 Å². The molecule has 0 bridgehead atoms. The van der Waals surface area contributed by atoms with E-state index in [-0.39, 0.29) is 12.1 Å². The average molecular weight is 284 g/mol. The maximum Gasteiger partial charge on any atom is 0.257 e. The Morgan fingerprint density at radius 3 is 2.50 bits per heavy atom. The minimum absolute atomic E-state index is 0.200. The lowest BCUT2D eigenvalue weighted by Gasteiger charge is -2.31. The monoisotopic (exact) mass is 284 g/mol. The summed E-state index contributed by atoms with van der Waals surface area (Å²) in [6.45, 7) is 7.45. The Hall–Kier alpha value is -1.49. The van der Waals surface area contributed by atoms with E-state index < -0.39 is 28.6 Å². The Balaban J connectivity index is 3.05. The van der Waals surface area contributed by atoms with Crippen LogP contribution in [-0.4, -0.2) is 18.0 Å². The van der Waals surface area contributed by atoms with E-state index in [4.69, 9.17) is 5.73 Å². The number of nitrogens with one attached hydrogen (secondary N) is 1. The smallest absolute Gasteiger partial charge is 0.257 e. The molecule has 0 spiro atoms. The van der Waals surface area contributed by atoms with Gasteiger partial charge in [-0.3, -0.25) is 4.79 Å². The summed E-state index contributed by atoms with van der Waals surface area (Å²) in [5.41, 5.74) is 4.68. The van der Waals surface area contributed by atoms with Crippen LogP contribution in [0.2, 0.25) is 0 Å². The number of nitrogens with two attached hydrogens (primary N) is 1. The van der Waals surface area contributed by atoms with Crippen molar-refractivity contribution in [2.24, 2.45) is 11.7 Å². The second-order valence-corrected chi connectivity index (χ2v) is 5.87. The first-order chi connectivity index (χ1) is 9.20. The number of hydrogen-bond acceptors (Lipinski definition) is 2. The molecule has 20 heavy (non-hydrogen) atoms. The van der Waals surface area contributed by atoms with Crippen LogP contribution in [0.4, 0.5) is 8.78 Å². The van der Waals surface area contributed by atoms with E-state index in [0.717, 1.165) is 6.07 Å². The predicted octanol–water partition coefficient (Wildman–Crippen LogP) is 2.77. The highest BCUT2D eigenvalue weighted by atomic mass is 19.1. The van der Waals surface area contributed by atoms with Crippen LogP contribution in [0.15, 0.2) is 12.1 Å². The molecule has 1 atom stereocenters. The maximum absolute atomic E-state index is 13.9. The fraction of sp³-hybridized carbons (Fsp3) is 0.533. The Morgan fingerprint density at radius 2 is 2.00 bits per heavy atom. The van der Waals surface area contributed by atoms with Gasteiger partial charge in [-0.15, -0.1) is 0 Å². The van der Waals surface area contributed by atoms with E-state index in [0.29, 0.717) is 12.3 Å². The van der Waals surface area contributed by atoms with Gasteiger partial charge < -0.3 is 11.1 Å². The lowest BCUT2D eigenvalue weighted by Crippen LogP contribution is -2.52. The van der Waals surface area contributed by atoms with Crippen LogP contribution in [-0.2, 0) is 0 Å². The van der Waals surface area contributed by atoms with E-state index in [1.165, 1.54) is 13.0 Å². The third-order valence-electron chi connectivity index (χ3n) is 3.24. The van der Waals surface area contributed by atoms with Crippen LogP contribution < -0.4 is 11.1 Å². The average Bonchev–Trinajstić information content (AvgIpc) is 2.33. The van der Waals surface area contributed by atoms with Crippen molar-refractivity contribution in [2.45, 2.75) is 39.7 Å². The number of amides is 1. The van der Waals surface area contributed by atoms with Crippen molar-refractivity contribution in [2.75, 3.05) is 6.54 Å². The van der Waals surface area contributed by atoms with Crippen LogP contribution in [0.5, 0.6) is 0 Å². The first-order valence-corrected chi connectivity index (χ1v) is 6.67. The van der Waals surface area contributed by atoms with E-state index >= 15 is 0 Å². The van der Waals surface area contributed by atoms with Crippen LogP contribution >= 0.6 is 0 Å². The molecule has 0 radical (unpaired) electrons. The molecule has 0 aromatic heterocycles. The van der Waals surface area contributed by atoms with Crippen molar-refractivity contribution in [3.05, 3.63) is 34.9 Å². The summed E-state index contributed by atoms with van der Waals surface area (Å²) in [7, 11) is 0. The maximum atomic E-state index is 13.9. The first kappa shape index (κ1) is 16.6. The topological polar surface area (TPSA) is 55.1 Å². The third-order valence-corrected chi connectivity index (χ3v) is 3.24. The molecule has 1 amide bonds. The molecule has 1 rings (SSSR count). The van der Waals surface area contributed by atoms with E-state index in [1.807, 2.05) is 13.8 Å². The van der Waals surface area contributed by atoms with E-state index in [1.54, 1.807) is 6.92 Å². The summed E-state index contributed by atoms with van der Waals surface area (Å²) in [6, 6.07) is 2.40. The Bertz CT molecular complexity index is 503. The van der Waals surface area contributed by atoms with Gasteiger partial charge >= 0.3 is 0 Å². The van der Waals surface area contributed by atoms with E-state index in [9.17, 15) is 13.6 Å². The lowest BCUT2D eigenvalue weighted by atomic mass is 9.90.